The topological polar surface area (TPSA) is 80.7 Å². The number of ether oxygens (including phenoxy) is 3. The highest BCUT2D eigenvalue weighted by Gasteiger charge is 2.36. The molecule has 1 unspecified atom stereocenters. The number of benzene rings is 2. The standard InChI is InChI=1S/C24H28ClN3O5/c1-31-13-12-27(24(30)16-32-2)15-23(29)28-21(18-9-5-7-11-22(18)33-3)14-20(26-28)17-8-4-6-10-19(17)25/h4-11,21H,12-16H2,1-3H3. The maximum atomic E-state index is 13.4. The molecule has 3 rings (SSSR count). The van der Waals surface area contributed by atoms with Gasteiger partial charge in [-0.1, -0.05) is 48.0 Å². The van der Waals surface area contributed by atoms with Gasteiger partial charge in [0.1, 0.15) is 18.9 Å². The van der Waals surface area contributed by atoms with Crippen molar-refractivity contribution in [1.29, 1.82) is 0 Å². The Morgan fingerprint density at radius 3 is 2.52 bits per heavy atom. The SMILES string of the molecule is COCCN(CC(=O)N1N=C(c2ccccc2Cl)CC1c1ccccc1OC)C(=O)COC. The van der Waals surface area contributed by atoms with Crippen molar-refractivity contribution in [3.63, 3.8) is 0 Å². The lowest BCUT2D eigenvalue weighted by Gasteiger charge is -2.27. The van der Waals surface area contributed by atoms with E-state index in [2.05, 4.69) is 5.10 Å². The zero-order valence-corrected chi connectivity index (χ0v) is 19.7. The number of hydrazone groups is 1. The summed E-state index contributed by atoms with van der Waals surface area (Å²) in [5, 5.41) is 6.63. The van der Waals surface area contributed by atoms with Crippen LogP contribution in [0.25, 0.3) is 0 Å². The average Bonchev–Trinajstić information content (AvgIpc) is 3.27. The molecule has 1 atom stereocenters. The number of methoxy groups -OCH3 is 3. The molecule has 2 amide bonds. The predicted octanol–water partition coefficient (Wildman–Crippen LogP) is 3.15. The summed E-state index contributed by atoms with van der Waals surface area (Å²) in [6, 6.07) is 14.5. The van der Waals surface area contributed by atoms with Crippen LogP contribution in [0.3, 0.4) is 0 Å². The number of carbonyl (C=O) groups excluding carboxylic acids is 2. The summed E-state index contributed by atoms with van der Waals surface area (Å²) in [5.41, 5.74) is 2.28. The first-order valence-electron chi connectivity index (χ1n) is 10.5. The summed E-state index contributed by atoms with van der Waals surface area (Å²) < 4.78 is 15.6. The molecule has 0 spiro atoms. The van der Waals surface area contributed by atoms with Crippen molar-refractivity contribution in [1.82, 2.24) is 9.91 Å². The second kappa shape index (κ2) is 11.8. The van der Waals surface area contributed by atoms with Gasteiger partial charge in [0.05, 0.1) is 25.5 Å². The van der Waals surface area contributed by atoms with Crippen molar-refractivity contribution < 1.29 is 23.8 Å². The highest BCUT2D eigenvalue weighted by Crippen LogP contribution is 2.38. The van der Waals surface area contributed by atoms with Gasteiger partial charge in [-0.2, -0.15) is 5.10 Å². The molecule has 0 bridgehead atoms. The van der Waals surface area contributed by atoms with Crippen LogP contribution in [0.15, 0.2) is 53.6 Å². The fraction of sp³-hybridized carbons (Fsp3) is 0.375. The number of nitrogens with zero attached hydrogens (tertiary/aromatic N) is 3. The molecule has 0 N–H and O–H groups in total. The van der Waals surface area contributed by atoms with Crippen LogP contribution < -0.4 is 4.74 Å². The lowest BCUT2D eigenvalue weighted by molar-refractivity contribution is -0.144. The van der Waals surface area contributed by atoms with E-state index in [0.29, 0.717) is 29.5 Å². The highest BCUT2D eigenvalue weighted by molar-refractivity contribution is 6.34. The van der Waals surface area contributed by atoms with E-state index in [1.165, 1.54) is 17.0 Å². The number of hydrogen-bond acceptors (Lipinski definition) is 6. The maximum absolute atomic E-state index is 13.4. The fourth-order valence-electron chi connectivity index (χ4n) is 3.73. The van der Waals surface area contributed by atoms with Crippen molar-refractivity contribution >= 4 is 29.1 Å². The molecule has 8 nitrogen and oxygen atoms in total. The third kappa shape index (κ3) is 5.90. The lowest BCUT2D eigenvalue weighted by Crippen LogP contribution is -2.44. The van der Waals surface area contributed by atoms with Gasteiger partial charge in [-0.3, -0.25) is 9.59 Å². The van der Waals surface area contributed by atoms with Crippen LogP contribution in [0.2, 0.25) is 5.02 Å². The number of para-hydroxylation sites is 1. The largest absolute Gasteiger partial charge is 0.496 e. The van der Waals surface area contributed by atoms with Crippen LogP contribution in [0.5, 0.6) is 5.75 Å². The van der Waals surface area contributed by atoms with Crippen LogP contribution in [0.1, 0.15) is 23.6 Å². The first-order chi connectivity index (χ1) is 16.0. The van der Waals surface area contributed by atoms with E-state index >= 15 is 0 Å². The molecule has 0 fully saturated rings. The molecule has 33 heavy (non-hydrogen) atoms. The zero-order valence-electron chi connectivity index (χ0n) is 19.0. The second-order valence-corrected chi connectivity index (χ2v) is 7.88. The molecule has 0 aromatic heterocycles. The van der Waals surface area contributed by atoms with E-state index in [1.807, 2.05) is 42.5 Å². The molecule has 0 saturated carbocycles. The Labute approximate surface area is 198 Å². The van der Waals surface area contributed by atoms with Gasteiger partial charge in [-0.25, -0.2) is 5.01 Å². The summed E-state index contributed by atoms with van der Waals surface area (Å²) in [5.74, 6) is 0.0300. The second-order valence-electron chi connectivity index (χ2n) is 7.47. The quantitative estimate of drug-likeness (QED) is 0.529. The van der Waals surface area contributed by atoms with Crippen molar-refractivity contribution in [2.45, 2.75) is 12.5 Å². The Morgan fingerprint density at radius 1 is 1.09 bits per heavy atom. The van der Waals surface area contributed by atoms with E-state index in [0.717, 1.165) is 11.1 Å². The summed E-state index contributed by atoms with van der Waals surface area (Å²) in [6.07, 6.45) is 0.458. The third-order valence-corrected chi connectivity index (χ3v) is 5.69. The monoisotopic (exact) mass is 473 g/mol. The Bertz CT molecular complexity index is 1010. The Hall–Kier alpha value is -2.94. The van der Waals surface area contributed by atoms with Crippen LogP contribution in [-0.2, 0) is 19.1 Å². The van der Waals surface area contributed by atoms with Crippen molar-refractivity contribution in [3.8, 4) is 5.75 Å². The minimum atomic E-state index is -0.401. The van der Waals surface area contributed by atoms with E-state index in [-0.39, 0.29) is 31.5 Å². The Morgan fingerprint density at radius 2 is 1.82 bits per heavy atom. The van der Waals surface area contributed by atoms with Crippen molar-refractivity contribution in [2.75, 3.05) is 47.6 Å². The maximum Gasteiger partial charge on any atom is 0.262 e. The molecule has 0 saturated heterocycles. The number of carbonyl (C=O) groups is 2. The van der Waals surface area contributed by atoms with Crippen LogP contribution in [0, 0.1) is 0 Å². The molecule has 1 aliphatic heterocycles. The van der Waals surface area contributed by atoms with E-state index in [1.54, 1.807) is 20.3 Å². The first kappa shape index (κ1) is 24.7. The van der Waals surface area contributed by atoms with Gasteiger partial charge < -0.3 is 19.1 Å². The van der Waals surface area contributed by atoms with Crippen LogP contribution in [0.4, 0.5) is 0 Å². The van der Waals surface area contributed by atoms with E-state index < -0.39 is 6.04 Å². The predicted molar refractivity (Wildman–Crippen MR) is 126 cm³/mol. The summed E-state index contributed by atoms with van der Waals surface area (Å²) in [7, 11) is 4.57. The van der Waals surface area contributed by atoms with Gasteiger partial charge in [0.15, 0.2) is 0 Å². The molecule has 2 aromatic carbocycles. The summed E-state index contributed by atoms with van der Waals surface area (Å²) in [4.78, 5) is 27.3. The van der Waals surface area contributed by atoms with Crippen LogP contribution >= 0.6 is 11.6 Å². The number of rotatable bonds is 10. The van der Waals surface area contributed by atoms with Gasteiger partial charge in [-0.05, 0) is 12.1 Å². The van der Waals surface area contributed by atoms with E-state index in [9.17, 15) is 9.59 Å². The summed E-state index contributed by atoms with van der Waals surface area (Å²) in [6.45, 7) is 0.281. The third-order valence-electron chi connectivity index (χ3n) is 5.36. The molecule has 0 radical (unpaired) electrons. The highest BCUT2D eigenvalue weighted by atomic mass is 35.5. The smallest absolute Gasteiger partial charge is 0.262 e. The van der Waals surface area contributed by atoms with Crippen molar-refractivity contribution in [3.05, 3.63) is 64.7 Å². The number of hydrogen-bond donors (Lipinski definition) is 0. The van der Waals surface area contributed by atoms with Gasteiger partial charge >= 0.3 is 0 Å². The normalized spacial score (nSPS) is 15.3. The van der Waals surface area contributed by atoms with Gasteiger partial charge in [-0.15, -0.1) is 0 Å². The van der Waals surface area contributed by atoms with Gasteiger partial charge in [0.25, 0.3) is 5.91 Å². The molecular weight excluding hydrogens is 446 g/mol. The molecule has 9 heteroatoms. The average molecular weight is 474 g/mol. The summed E-state index contributed by atoms with van der Waals surface area (Å²) >= 11 is 6.41. The minimum absolute atomic E-state index is 0.124. The Balaban J connectivity index is 1.94. The van der Waals surface area contributed by atoms with Crippen LogP contribution in [-0.4, -0.2) is 75.1 Å². The lowest BCUT2D eigenvalue weighted by atomic mass is 9.97. The molecular formula is C24H28ClN3O5. The number of amides is 2. The molecule has 176 valence electrons. The fourth-order valence-corrected chi connectivity index (χ4v) is 3.97. The minimum Gasteiger partial charge on any atom is -0.496 e. The Kier molecular flexibility index (Phi) is 8.82. The molecule has 1 heterocycles. The molecule has 0 aliphatic carbocycles. The molecule has 1 aliphatic rings. The number of halogens is 1. The van der Waals surface area contributed by atoms with Crippen molar-refractivity contribution in [2.24, 2.45) is 5.10 Å². The van der Waals surface area contributed by atoms with Gasteiger partial charge in [0, 0.05) is 43.3 Å². The zero-order chi connectivity index (χ0) is 23.8. The van der Waals surface area contributed by atoms with Gasteiger partial charge in [0.2, 0.25) is 5.91 Å². The van der Waals surface area contributed by atoms with E-state index in [4.69, 9.17) is 25.8 Å². The molecule has 2 aromatic rings. The first-order valence-corrected chi connectivity index (χ1v) is 10.9.